The first-order valence-corrected chi connectivity index (χ1v) is 7.46. The number of rotatable bonds is 4. The van der Waals surface area contributed by atoms with Crippen LogP contribution in [-0.4, -0.2) is 30.3 Å². The molecule has 0 fully saturated rings. The monoisotopic (exact) mass is 341 g/mol. The molecule has 0 spiro atoms. The van der Waals surface area contributed by atoms with E-state index in [1.165, 1.54) is 30.0 Å². The predicted molar refractivity (Wildman–Crippen MR) is 91.7 cm³/mol. The minimum atomic E-state index is -0.550. The zero-order valence-electron chi connectivity index (χ0n) is 13.6. The molecule has 0 unspecified atom stereocenters. The summed E-state index contributed by atoms with van der Waals surface area (Å²) in [4.78, 5) is 35.4. The van der Waals surface area contributed by atoms with Crippen LogP contribution in [0.25, 0.3) is 0 Å². The number of hydrogen-bond acceptors (Lipinski definition) is 6. The van der Waals surface area contributed by atoms with Gasteiger partial charge in [-0.25, -0.2) is 0 Å². The van der Waals surface area contributed by atoms with Crippen molar-refractivity contribution in [2.75, 3.05) is 23.9 Å². The van der Waals surface area contributed by atoms with Gasteiger partial charge in [-0.1, -0.05) is 0 Å². The molecule has 0 saturated heterocycles. The number of amides is 1. The van der Waals surface area contributed by atoms with E-state index in [2.05, 4.69) is 5.32 Å². The summed E-state index contributed by atoms with van der Waals surface area (Å²) in [6.45, 7) is 1.33. The lowest BCUT2D eigenvalue weighted by Crippen LogP contribution is -2.35. The average molecular weight is 341 g/mol. The summed E-state index contributed by atoms with van der Waals surface area (Å²) in [6.07, 6.45) is 0. The van der Waals surface area contributed by atoms with Crippen LogP contribution in [0, 0.1) is 10.1 Å². The van der Waals surface area contributed by atoms with E-state index in [-0.39, 0.29) is 35.2 Å². The zero-order chi connectivity index (χ0) is 18.1. The highest BCUT2D eigenvalue weighted by Crippen LogP contribution is 2.36. The Kier molecular flexibility index (Phi) is 4.10. The lowest BCUT2D eigenvalue weighted by atomic mass is 10.1. The van der Waals surface area contributed by atoms with Gasteiger partial charge in [0.05, 0.1) is 10.6 Å². The van der Waals surface area contributed by atoms with Crippen LogP contribution in [0.2, 0.25) is 0 Å². The van der Waals surface area contributed by atoms with E-state index in [1.807, 2.05) is 0 Å². The molecule has 0 bridgehead atoms. The summed E-state index contributed by atoms with van der Waals surface area (Å²) >= 11 is 0. The summed E-state index contributed by atoms with van der Waals surface area (Å²) in [5, 5.41) is 14.3. The highest BCUT2D eigenvalue weighted by atomic mass is 16.6. The first-order valence-electron chi connectivity index (χ1n) is 7.46. The number of nitrogens with zero attached hydrogens (tertiary/aromatic N) is 2. The Morgan fingerprint density at radius 2 is 2.04 bits per heavy atom. The molecule has 0 saturated carbocycles. The zero-order valence-corrected chi connectivity index (χ0v) is 13.6. The molecule has 8 heteroatoms. The minimum Gasteiger partial charge on any atom is -0.482 e. The van der Waals surface area contributed by atoms with E-state index in [1.54, 1.807) is 25.2 Å². The van der Waals surface area contributed by atoms with Gasteiger partial charge in [0.2, 0.25) is 0 Å². The van der Waals surface area contributed by atoms with Crippen LogP contribution in [-0.2, 0) is 4.79 Å². The van der Waals surface area contributed by atoms with Crippen LogP contribution in [0.1, 0.15) is 17.3 Å². The molecule has 8 nitrogen and oxygen atoms in total. The van der Waals surface area contributed by atoms with Gasteiger partial charge in [0.25, 0.3) is 11.6 Å². The number of nitro benzene ring substituents is 1. The minimum absolute atomic E-state index is 0.0196. The molecule has 1 amide bonds. The predicted octanol–water partition coefficient (Wildman–Crippen LogP) is 2.90. The third-order valence-corrected chi connectivity index (χ3v) is 3.93. The smallest absolute Gasteiger partial charge is 0.293 e. The standard InChI is InChI=1S/C17H15N3O5/c1-10(21)11-3-5-13(14(7-11)20(23)24)18-12-4-6-16-15(8-12)19(2)17(22)9-25-16/h3-8,18H,9H2,1-2H3. The number of ether oxygens (including phenoxy) is 1. The second-order valence-corrected chi connectivity index (χ2v) is 5.59. The second kappa shape index (κ2) is 6.23. The molecular weight excluding hydrogens is 326 g/mol. The largest absolute Gasteiger partial charge is 0.482 e. The number of nitro groups is 1. The molecule has 2 aromatic carbocycles. The molecule has 1 aliphatic heterocycles. The fourth-order valence-corrected chi connectivity index (χ4v) is 2.51. The van der Waals surface area contributed by atoms with Gasteiger partial charge in [0, 0.05) is 24.4 Å². The molecular formula is C17H15N3O5. The van der Waals surface area contributed by atoms with E-state index in [9.17, 15) is 19.7 Å². The molecule has 0 aliphatic carbocycles. The normalized spacial score (nSPS) is 13.0. The lowest BCUT2D eigenvalue weighted by molar-refractivity contribution is -0.383. The van der Waals surface area contributed by atoms with Crippen LogP contribution >= 0.6 is 0 Å². The number of carbonyl (C=O) groups is 2. The Balaban J connectivity index is 1.97. The number of hydrogen-bond donors (Lipinski definition) is 1. The highest BCUT2D eigenvalue weighted by Gasteiger charge is 2.23. The topological polar surface area (TPSA) is 102 Å². The van der Waals surface area contributed by atoms with Crippen molar-refractivity contribution >= 4 is 34.4 Å². The van der Waals surface area contributed by atoms with Crippen molar-refractivity contribution in [1.82, 2.24) is 0 Å². The van der Waals surface area contributed by atoms with Gasteiger partial charge in [-0.15, -0.1) is 0 Å². The maximum Gasteiger partial charge on any atom is 0.293 e. The Morgan fingerprint density at radius 3 is 2.72 bits per heavy atom. The second-order valence-electron chi connectivity index (χ2n) is 5.59. The van der Waals surface area contributed by atoms with E-state index in [0.717, 1.165) is 0 Å². The molecule has 1 heterocycles. The third-order valence-electron chi connectivity index (χ3n) is 3.93. The van der Waals surface area contributed by atoms with E-state index in [0.29, 0.717) is 17.1 Å². The van der Waals surface area contributed by atoms with Crippen LogP contribution in [0.3, 0.4) is 0 Å². The molecule has 1 aliphatic rings. The fraction of sp³-hybridized carbons (Fsp3) is 0.176. The maximum atomic E-state index is 11.7. The number of benzene rings is 2. The van der Waals surface area contributed by atoms with Crippen molar-refractivity contribution < 1.29 is 19.2 Å². The van der Waals surface area contributed by atoms with Crippen molar-refractivity contribution in [2.24, 2.45) is 0 Å². The molecule has 128 valence electrons. The van der Waals surface area contributed by atoms with Crippen LogP contribution < -0.4 is 15.0 Å². The number of fused-ring (bicyclic) bond motifs is 1. The van der Waals surface area contributed by atoms with Gasteiger partial charge in [-0.3, -0.25) is 19.7 Å². The quantitative estimate of drug-likeness (QED) is 0.521. The van der Waals surface area contributed by atoms with Gasteiger partial charge >= 0.3 is 0 Å². The summed E-state index contributed by atoms with van der Waals surface area (Å²) in [6, 6.07) is 9.31. The number of Topliss-reactive ketones (excluding diaryl/α,β-unsaturated/α-hetero) is 1. The summed E-state index contributed by atoms with van der Waals surface area (Å²) in [5.74, 6) is 0.135. The van der Waals surface area contributed by atoms with Crippen molar-refractivity contribution in [3.8, 4) is 5.75 Å². The Hall–Kier alpha value is -3.42. The molecule has 0 aromatic heterocycles. The molecule has 1 N–H and O–H groups in total. The Morgan fingerprint density at radius 1 is 1.28 bits per heavy atom. The summed E-state index contributed by atoms with van der Waals surface area (Å²) in [5.41, 5.74) is 1.44. The van der Waals surface area contributed by atoms with E-state index >= 15 is 0 Å². The van der Waals surface area contributed by atoms with Crippen LogP contribution in [0.4, 0.5) is 22.7 Å². The van der Waals surface area contributed by atoms with Crippen LogP contribution in [0.15, 0.2) is 36.4 Å². The number of likely N-dealkylation sites (N-methyl/N-ethyl adjacent to an activating group) is 1. The third kappa shape index (κ3) is 3.14. The lowest BCUT2D eigenvalue weighted by Gasteiger charge is -2.26. The first-order chi connectivity index (χ1) is 11.9. The Labute approximate surface area is 143 Å². The van der Waals surface area contributed by atoms with Gasteiger partial charge in [-0.05, 0) is 37.3 Å². The van der Waals surface area contributed by atoms with Crippen molar-refractivity contribution in [1.29, 1.82) is 0 Å². The molecule has 3 rings (SSSR count). The van der Waals surface area contributed by atoms with Gasteiger partial charge in [-0.2, -0.15) is 0 Å². The summed E-state index contributed by atoms with van der Waals surface area (Å²) < 4.78 is 5.35. The number of anilines is 3. The van der Waals surface area contributed by atoms with Gasteiger partial charge in [0.1, 0.15) is 11.4 Å². The maximum absolute atomic E-state index is 11.7. The van der Waals surface area contributed by atoms with Gasteiger partial charge in [0.15, 0.2) is 12.4 Å². The molecule has 0 radical (unpaired) electrons. The van der Waals surface area contributed by atoms with Crippen molar-refractivity contribution in [2.45, 2.75) is 6.92 Å². The molecule has 0 atom stereocenters. The van der Waals surface area contributed by atoms with E-state index < -0.39 is 4.92 Å². The fourth-order valence-electron chi connectivity index (χ4n) is 2.51. The SMILES string of the molecule is CC(=O)c1ccc(Nc2ccc3c(c2)N(C)C(=O)CO3)c([N+](=O)[O-])c1. The number of carbonyl (C=O) groups excluding carboxylic acids is 2. The van der Waals surface area contributed by atoms with E-state index in [4.69, 9.17) is 4.74 Å². The Bertz CT molecular complexity index is 894. The number of nitrogens with one attached hydrogen (secondary N) is 1. The van der Waals surface area contributed by atoms with Gasteiger partial charge < -0.3 is 15.0 Å². The molecule has 25 heavy (non-hydrogen) atoms. The van der Waals surface area contributed by atoms with Crippen LogP contribution in [0.5, 0.6) is 5.75 Å². The highest BCUT2D eigenvalue weighted by molar-refractivity contribution is 5.98. The van der Waals surface area contributed by atoms with Crippen molar-refractivity contribution in [3.63, 3.8) is 0 Å². The van der Waals surface area contributed by atoms with Crippen molar-refractivity contribution in [3.05, 3.63) is 52.1 Å². The first kappa shape index (κ1) is 16.4. The molecule has 2 aromatic rings. The summed E-state index contributed by atoms with van der Waals surface area (Å²) in [7, 11) is 1.64. The average Bonchev–Trinajstić information content (AvgIpc) is 2.58. The number of ketones is 1.